The van der Waals surface area contributed by atoms with E-state index in [1.807, 2.05) is 78.9 Å². The Balaban J connectivity index is 0.00000400. The Kier molecular flexibility index (Phi) is 10.1. The second-order valence-electron chi connectivity index (χ2n) is 10.8. The van der Waals surface area contributed by atoms with Crippen molar-refractivity contribution in [2.24, 2.45) is 5.92 Å². The lowest BCUT2D eigenvalue weighted by Crippen LogP contribution is -2.44. The first-order valence-electron chi connectivity index (χ1n) is 13.3. The molecule has 0 spiro atoms. The molecule has 4 rings (SSSR count). The monoisotopic (exact) mass is 537 g/mol. The average molecular weight is 538 g/mol. The van der Waals surface area contributed by atoms with Crippen LogP contribution in [0.25, 0.3) is 0 Å². The molecule has 0 bridgehead atoms. The number of benzene rings is 3. The number of piperidine rings is 1. The van der Waals surface area contributed by atoms with Crippen molar-refractivity contribution in [3.05, 3.63) is 107 Å². The predicted octanol–water partition coefficient (Wildman–Crippen LogP) is 5.93. The highest BCUT2D eigenvalue weighted by molar-refractivity contribution is 5.85. The van der Waals surface area contributed by atoms with Gasteiger partial charge in [0.25, 0.3) is 0 Å². The number of hydrogen-bond acceptors (Lipinski definition) is 4. The first-order chi connectivity index (χ1) is 17.7. The van der Waals surface area contributed by atoms with Gasteiger partial charge in [-0.15, -0.1) is 12.4 Å². The highest BCUT2D eigenvalue weighted by Gasteiger charge is 2.41. The molecular formula is C32H40ClNO4. The fraction of sp³-hybridized carbons (Fsp3) is 0.406. The number of rotatable bonds is 10. The molecule has 0 amide bonds. The summed E-state index contributed by atoms with van der Waals surface area (Å²) in [5.74, 6) is -0.756. The zero-order valence-corrected chi connectivity index (χ0v) is 23.1. The van der Waals surface area contributed by atoms with Crippen molar-refractivity contribution in [2.75, 3.05) is 19.6 Å². The van der Waals surface area contributed by atoms with Gasteiger partial charge in [0.1, 0.15) is 5.60 Å². The highest BCUT2D eigenvalue weighted by atomic mass is 35.5. The lowest BCUT2D eigenvalue weighted by atomic mass is 9.72. The van der Waals surface area contributed by atoms with Gasteiger partial charge in [0.15, 0.2) is 0 Å². The first kappa shape index (κ1) is 29.9. The van der Waals surface area contributed by atoms with Crippen molar-refractivity contribution in [1.82, 2.24) is 4.90 Å². The van der Waals surface area contributed by atoms with E-state index in [1.54, 1.807) is 19.9 Å². The molecule has 6 heteroatoms. The number of aliphatic carboxylic acids is 1. The Hall–Kier alpha value is -2.70. The third kappa shape index (κ3) is 6.47. The molecule has 1 aliphatic rings. The molecule has 0 saturated carbocycles. The van der Waals surface area contributed by atoms with Gasteiger partial charge in [0, 0.05) is 0 Å². The lowest BCUT2D eigenvalue weighted by Gasteiger charge is -2.42. The molecular weight excluding hydrogens is 498 g/mol. The van der Waals surface area contributed by atoms with Gasteiger partial charge in [-0.1, -0.05) is 84.9 Å². The number of carboxylic acids is 1. The largest absolute Gasteiger partial charge is 0.481 e. The normalized spacial score (nSPS) is 16.0. The third-order valence-corrected chi connectivity index (χ3v) is 8.09. The van der Waals surface area contributed by atoms with Crippen LogP contribution in [0.3, 0.4) is 0 Å². The van der Waals surface area contributed by atoms with Gasteiger partial charge in [0.05, 0.1) is 11.5 Å². The Morgan fingerprint density at radius 3 is 1.95 bits per heavy atom. The van der Waals surface area contributed by atoms with Crippen LogP contribution >= 0.6 is 12.4 Å². The summed E-state index contributed by atoms with van der Waals surface area (Å²) in [6.45, 7) is 6.07. The van der Waals surface area contributed by atoms with Gasteiger partial charge >= 0.3 is 5.97 Å². The van der Waals surface area contributed by atoms with E-state index in [1.165, 1.54) is 0 Å². The summed E-state index contributed by atoms with van der Waals surface area (Å²) >= 11 is 0. The minimum absolute atomic E-state index is 0. The fourth-order valence-electron chi connectivity index (χ4n) is 5.53. The summed E-state index contributed by atoms with van der Waals surface area (Å²) in [6.07, 6.45) is 2.64. The number of hydrogen-bond donors (Lipinski definition) is 3. The quantitative estimate of drug-likeness (QED) is 0.298. The molecule has 0 aliphatic carbocycles. The van der Waals surface area contributed by atoms with Gasteiger partial charge in [-0.3, -0.25) is 4.79 Å². The van der Waals surface area contributed by atoms with Gasteiger partial charge < -0.3 is 20.2 Å². The average Bonchev–Trinajstić information content (AvgIpc) is 2.94. The zero-order chi connectivity index (χ0) is 26.5. The van der Waals surface area contributed by atoms with Crippen LogP contribution in [-0.2, 0) is 15.8 Å². The second kappa shape index (κ2) is 12.9. The van der Waals surface area contributed by atoms with Crippen LogP contribution in [0.1, 0.15) is 67.9 Å². The smallest absolute Gasteiger partial charge is 0.313 e. The Morgan fingerprint density at radius 1 is 0.895 bits per heavy atom. The van der Waals surface area contributed by atoms with E-state index in [0.29, 0.717) is 12.0 Å². The minimum Gasteiger partial charge on any atom is -0.481 e. The third-order valence-electron chi connectivity index (χ3n) is 8.09. The van der Waals surface area contributed by atoms with E-state index in [2.05, 4.69) is 4.90 Å². The maximum absolute atomic E-state index is 12.1. The summed E-state index contributed by atoms with van der Waals surface area (Å²) in [6, 6.07) is 27.3. The predicted molar refractivity (Wildman–Crippen MR) is 154 cm³/mol. The first-order valence-corrected chi connectivity index (χ1v) is 13.3. The second-order valence-corrected chi connectivity index (χ2v) is 10.8. The zero-order valence-electron chi connectivity index (χ0n) is 22.3. The molecule has 1 unspecified atom stereocenters. The van der Waals surface area contributed by atoms with Gasteiger partial charge in [-0.2, -0.15) is 0 Å². The van der Waals surface area contributed by atoms with Crippen molar-refractivity contribution >= 4 is 18.4 Å². The van der Waals surface area contributed by atoms with Crippen molar-refractivity contribution in [3.63, 3.8) is 0 Å². The molecule has 1 atom stereocenters. The van der Waals surface area contributed by atoms with Gasteiger partial charge in [0.2, 0.25) is 0 Å². The van der Waals surface area contributed by atoms with Gasteiger partial charge in [-0.05, 0) is 87.3 Å². The SMILES string of the molecule is CC(C)(C(=O)O)c1cccc(C(O)CCCN2CCC(C(O)(c3ccccc3)c3ccccc3)CC2)c1.Cl. The van der Waals surface area contributed by atoms with Crippen LogP contribution < -0.4 is 0 Å². The van der Waals surface area contributed by atoms with E-state index in [-0.39, 0.29) is 18.3 Å². The topological polar surface area (TPSA) is 81.0 Å². The van der Waals surface area contributed by atoms with E-state index in [9.17, 15) is 20.1 Å². The molecule has 1 heterocycles. The number of aliphatic hydroxyl groups is 2. The summed E-state index contributed by atoms with van der Waals surface area (Å²) < 4.78 is 0. The molecule has 1 aliphatic heterocycles. The van der Waals surface area contributed by atoms with Crippen molar-refractivity contribution in [2.45, 2.75) is 56.7 Å². The minimum atomic E-state index is -1.01. The van der Waals surface area contributed by atoms with E-state index < -0.39 is 23.1 Å². The number of aliphatic hydroxyl groups excluding tert-OH is 1. The van der Waals surface area contributed by atoms with Crippen LogP contribution in [0.5, 0.6) is 0 Å². The molecule has 0 radical (unpaired) electrons. The van der Waals surface area contributed by atoms with Crippen LogP contribution in [0.2, 0.25) is 0 Å². The Labute approximate surface area is 232 Å². The van der Waals surface area contributed by atoms with Crippen molar-refractivity contribution < 1.29 is 20.1 Å². The number of nitrogens with zero attached hydrogens (tertiary/aromatic N) is 1. The summed E-state index contributed by atoms with van der Waals surface area (Å²) in [5.41, 5.74) is 1.33. The molecule has 204 valence electrons. The molecule has 5 nitrogen and oxygen atoms in total. The van der Waals surface area contributed by atoms with Crippen LogP contribution in [0.15, 0.2) is 84.9 Å². The molecule has 3 aromatic rings. The number of carbonyl (C=O) groups is 1. The Bertz CT molecular complexity index is 1120. The Morgan fingerprint density at radius 2 is 1.42 bits per heavy atom. The van der Waals surface area contributed by atoms with Crippen molar-refractivity contribution in [3.8, 4) is 0 Å². The van der Waals surface area contributed by atoms with E-state index in [0.717, 1.165) is 55.6 Å². The maximum Gasteiger partial charge on any atom is 0.313 e. The molecule has 3 aromatic carbocycles. The van der Waals surface area contributed by atoms with E-state index in [4.69, 9.17) is 0 Å². The highest BCUT2D eigenvalue weighted by Crippen LogP contribution is 2.42. The number of halogens is 1. The molecule has 38 heavy (non-hydrogen) atoms. The van der Waals surface area contributed by atoms with Crippen LogP contribution in [-0.4, -0.2) is 45.8 Å². The lowest BCUT2D eigenvalue weighted by molar-refractivity contribution is -0.142. The summed E-state index contributed by atoms with van der Waals surface area (Å²) in [4.78, 5) is 14.0. The number of likely N-dealkylation sites (tertiary alicyclic amines) is 1. The number of carboxylic acid groups (broad SMARTS) is 1. The molecule has 1 saturated heterocycles. The van der Waals surface area contributed by atoms with Crippen LogP contribution in [0, 0.1) is 5.92 Å². The van der Waals surface area contributed by atoms with Crippen molar-refractivity contribution in [1.29, 1.82) is 0 Å². The summed E-state index contributed by atoms with van der Waals surface area (Å²) in [7, 11) is 0. The molecule has 1 fully saturated rings. The summed E-state index contributed by atoms with van der Waals surface area (Å²) in [5, 5.41) is 32.4. The van der Waals surface area contributed by atoms with Crippen LogP contribution in [0.4, 0.5) is 0 Å². The standard InChI is InChI=1S/C32H39NO4.ClH/c1-31(2,30(35)36)28-16-9-11-24(23-28)29(34)17-10-20-33-21-18-27(19-22-33)32(37,25-12-5-3-6-13-25)26-14-7-4-8-15-26;/h3-9,11-16,23,27,29,34,37H,10,17-22H2,1-2H3,(H,35,36);1H. The van der Waals surface area contributed by atoms with Gasteiger partial charge in [-0.25, -0.2) is 0 Å². The van der Waals surface area contributed by atoms with E-state index >= 15 is 0 Å². The molecule has 3 N–H and O–H groups in total. The molecule has 0 aromatic heterocycles. The fourth-order valence-corrected chi connectivity index (χ4v) is 5.53. The maximum atomic E-state index is 12.1.